The fourth-order valence-electron chi connectivity index (χ4n) is 5.23. The molecule has 0 saturated heterocycles. The first-order chi connectivity index (χ1) is 19.1. The molecule has 0 saturated carbocycles. The summed E-state index contributed by atoms with van der Waals surface area (Å²) < 4.78 is 9.65. The summed E-state index contributed by atoms with van der Waals surface area (Å²) in [5.74, 6) is -0.119. The van der Waals surface area contributed by atoms with E-state index in [1.165, 1.54) is 11.1 Å². The maximum atomic E-state index is 12.7. The lowest BCUT2D eigenvalue weighted by atomic mass is 9.86. The Hall–Kier alpha value is -4.58. The van der Waals surface area contributed by atoms with E-state index >= 15 is 0 Å². The summed E-state index contributed by atoms with van der Waals surface area (Å²) in [5.41, 5.74) is 4.19. The van der Waals surface area contributed by atoms with E-state index in [0.29, 0.717) is 31.7 Å². The highest BCUT2D eigenvalue weighted by molar-refractivity contribution is 5.88. The molecule has 0 aliphatic carbocycles. The van der Waals surface area contributed by atoms with E-state index in [0.717, 1.165) is 16.5 Å². The molecular weight excluding hydrogens is 488 g/mol. The van der Waals surface area contributed by atoms with Crippen LogP contribution in [0.3, 0.4) is 0 Å². The Kier molecular flexibility index (Phi) is 7.92. The summed E-state index contributed by atoms with van der Waals surface area (Å²) >= 11 is 0. The molecule has 39 heavy (non-hydrogen) atoms. The Labute approximate surface area is 227 Å². The zero-order valence-electron chi connectivity index (χ0n) is 21.9. The minimum absolute atomic E-state index is 0.0230. The predicted octanol–water partition coefficient (Wildman–Crippen LogP) is 6.49. The third kappa shape index (κ3) is 5.65. The van der Waals surface area contributed by atoms with Gasteiger partial charge in [0.05, 0.1) is 12.1 Å². The van der Waals surface area contributed by atoms with Crippen molar-refractivity contribution in [2.24, 2.45) is 0 Å². The number of aryl methyl sites for hydroxylation is 1. The molecule has 1 unspecified atom stereocenters. The maximum absolute atomic E-state index is 12.7. The molecule has 6 heteroatoms. The van der Waals surface area contributed by atoms with Gasteiger partial charge in [-0.2, -0.15) is 0 Å². The van der Waals surface area contributed by atoms with E-state index < -0.39 is 12.0 Å². The smallest absolute Gasteiger partial charge is 0.326 e. The molecule has 1 atom stereocenters. The molecule has 0 spiro atoms. The zero-order valence-corrected chi connectivity index (χ0v) is 21.9. The molecule has 0 bridgehead atoms. The lowest BCUT2D eigenvalue weighted by molar-refractivity contribution is -0.140. The normalized spacial score (nSPS) is 12.1. The topological polar surface area (TPSA) is 73.5 Å². The van der Waals surface area contributed by atoms with Crippen molar-refractivity contribution >= 4 is 16.9 Å². The monoisotopic (exact) mass is 520 g/mol. The van der Waals surface area contributed by atoms with E-state index in [-0.39, 0.29) is 11.5 Å². The number of aromatic nitrogens is 2. The molecule has 5 rings (SSSR count). The van der Waals surface area contributed by atoms with E-state index in [2.05, 4.69) is 24.3 Å². The number of pyridine rings is 1. The maximum Gasteiger partial charge on any atom is 0.326 e. The second-order valence-corrected chi connectivity index (χ2v) is 9.62. The van der Waals surface area contributed by atoms with Gasteiger partial charge in [-0.15, -0.1) is 0 Å². The molecule has 0 aliphatic heterocycles. The number of benzene rings is 3. The van der Waals surface area contributed by atoms with Gasteiger partial charge in [-0.25, -0.2) is 4.79 Å². The number of hydrogen-bond donors (Lipinski definition) is 1. The molecule has 5 aromatic rings. The predicted molar refractivity (Wildman–Crippen MR) is 154 cm³/mol. The summed E-state index contributed by atoms with van der Waals surface area (Å²) in [6, 6.07) is 31.2. The summed E-state index contributed by atoms with van der Waals surface area (Å²) in [7, 11) is 0. The Balaban J connectivity index is 1.32. The average molecular weight is 521 g/mol. The fraction of sp³-hybridized carbons (Fsp3) is 0.212. The minimum Gasteiger partial charge on any atom is -0.493 e. The number of carboxylic acid groups (broad SMARTS) is 1. The lowest BCUT2D eigenvalue weighted by Crippen LogP contribution is -2.21. The molecule has 3 aromatic carbocycles. The highest BCUT2D eigenvalue weighted by Crippen LogP contribution is 2.32. The largest absolute Gasteiger partial charge is 0.493 e. The summed E-state index contributed by atoms with van der Waals surface area (Å²) in [5, 5.41) is 10.5. The van der Waals surface area contributed by atoms with Crippen LogP contribution < -0.4 is 10.3 Å². The van der Waals surface area contributed by atoms with Crippen molar-refractivity contribution in [1.29, 1.82) is 0 Å². The standard InChI is InChI=1S/C33H32N2O4/c1-2-28(33(37)38)35-21-19-27-29(35)15-9-16-30(27)39-22-10-20-34-23-26(17-18-31(34)36)32(24-11-5-3-6-12-24)25-13-7-4-8-14-25/h3-9,11-19,21,23,28,32H,2,10,20,22H2,1H3,(H,37,38). The van der Waals surface area contributed by atoms with Gasteiger partial charge in [0.2, 0.25) is 0 Å². The van der Waals surface area contributed by atoms with Crippen LogP contribution in [0.15, 0.2) is 114 Å². The van der Waals surface area contributed by atoms with Gasteiger partial charge in [-0.3, -0.25) is 4.79 Å². The van der Waals surface area contributed by atoms with Gasteiger partial charge in [0, 0.05) is 36.3 Å². The lowest BCUT2D eigenvalue weighted by Gasteiger charge is -2.20. The molecule has 198 valence electrons. The van der Waals surface area contributed by atoms with Crippen LogP contribution in [0, 0.1) is 0 Å². The van der Waals surface area contributed by atoms with Crippen molar-refractivity contribution in [1.82, 2.24) is 9.13 Å². The van der Waals surface area contributed by atoms with Crippen molar-refractivity contribution in [3.63, 3.8) is 0 Å². The van der Waals surface area contributed by atoms with Crippen LogP contribution >= 0.6 is 0 Å². The highest BCUT2D eigenvalue weighted by atomic mass is 16.5. The Bertz CT molecular complexity index is 1570. The van der Waals surface area contributed by atoms with Crippen LogP contribution in [0.4, 0.5) is 0 Å². The first-order valence-electron chi connectivity index (χ1n) is 13.3. The van der Waals surface area contributed by atoms with Gasteiger partial charge in [0.1, 0.15) is 11.8 Å². The second kappa shape index (κ2) is 11.9. The second-order valence-electron chi connectivity index (χ2n) is 9.62. The van der Waals surface area contributed by atoms with Gasteiger partial charge in [0.25, 0.3) is 5.56 Å². The number of carboxylic acids is 1. The third-order valence-corrected chi connectivity index (χ3v) is 7.14. The van der Waals surface area contributed by atoms with Crippen molar-refractivity contribution in [3.05, 3.63) is 136 Å². The van der Waals surface area contributed by atoms with Gasteiger partial charge < -0.3 is 19.0 Å². The Morgan fingerprint density at radius 3 is 2.18 bits per heavy atom. The Morgan fingerprint density at radius 2 is 1.54 bits per heavy atom. The number of nitrogens with zero attached hydrogens (tertiary/aromatic N) is 2. The molecule has 0 radical (unpaired) electrons. The highest BCUT2D eigenvalue weighted by Gasteiger charge is 2.20. The molecule has 2 aromatic heterocycles. The number of fused-ring (bicyclic) bond motifs is 1. The van der Waals surface area contributed by atoms with E-state index in [9.17, 15) is 14.7 Å². The molecule has 0 fully saturated rings. The summed E-state index contributed by atoms with van der Waals surface area (Å²) in [6.07, 6.45) is 4.91. The molecular formula is C33H32N2O4. The van der Waals surface area contributed by atoms with Crippen molar-refractivity contribution in [2.75, 3.05) is 6.61 Å². The van der Waals surface area contributed by atoms with E-state index in [1.54, 1.807) is 21.4 Å². The van der Waals surface area contributed by atoms with Crippen molar-refractivity contribution in [3.8, 4) is 5.75 Å². The van der Waals surface area contributed by atoms with Crippen molar-refractivity contribution < 1.29 is 14.6 Å². The zero-order chi connectivity index (χ0) is 27.2. The number of carbonyl (C=O) groups is 1. The number of ether oxygens (including phenoxy) is 1. The summed E-state index contributed by atoms with van der Waals surface area (Å²) in [6.45, 7) is 2.82. The minimum atomic E-state index is -0.851. The van der Waals surface area contributed by atoms with Crippen LogP contribution in [0.2, 0.25) is 0 Å². The third-order valence-electron chi connectivity index (χ3n) is 7.14. The first kappa shape index (κ1) is 26.0. The molecule has 0 aliphatic rings. The quantitative estimate of drug-likeness (QED) is 0.202. The number of rotatable bonds is 11. The van der Waals surface area contributed by atoms with Crippen LogP contribution in [0.25, 0.3) is 10.9 Å². The average Bonchev–Trinajstić information content (AvgIpc) is 3.38. The fourth-order valence-corrected chi connectivity index (χ4v) is 5.23. The van der Waals surface area contributed by atoms with Gasteiger partial charge >= 0.3 is 5.97 Å². The molecule has 1 N–H and O–H groups in total. The molecule has 2 heterocycles. The van der Waals surface area contributed by atoms with Gasteiger partial charge in [0.15, 0.2) is 0 Å². The number of aliphatic carboxylic acids is 1. The number of hydrogen-bond acceptors (Lipinski definition) is 3. The van der Waals surface area contributed by atoms with Crippen LogP contribution in [0.5, 0.6) is 5.75 Å². The Morgan fingerprint density at radius 1 is 0.846 bits per heavy atom. The van der Waals surface area contributed by atoms with E-state index in [4.69, 9.17) is 4.74 Å². The van der Waals surface area contributed by atoms with Crippen molar-refractivity contribution in [2.45, 2.75) is 38.3 Å². The van der Waals surface area contributed by atoms with Gasteiger partial charge in [-0.1, -0.05) is 79.7 Å². The van der Waals surface area contributed by atoms with Crippen LogP contribution in [0.1, 0.15) is 48.4 Å². The first-order valence-corrected chi connectivity index (χ1v) is 13.3. The van der Waals surface area contributed by atoms with Crippen LogP contribution in [-0.4, -0.2) is 26.8 Å². The molecule has 0 amide bonds. The summed E-state index contributed by atoms with van der Waals surface area (Å²) in [4.78, 5) is 24.4. The molecule has 6 nitrogen and oxygen atoms in total. The van der Waals surface area contributed by atoms with E-state index in [1.807, 2.05) is 79.9 Å². The van der Waals surface area contributed by atoms with Crippen LogP contribution in [-0.2, 0) is 11.3 Å². The van der Waals surface area contributed by atoms with Gasteiger partial charge in [-0.05, 0) is 47.7 Å². The SMILES string of the molecule is CCC(C(=O)O)n1ccc2c(OCCCn3cc(C(c4ccccc4)c4ccccc4)ccc3=O)cccc21.